The van der Waals surface area contributed by atoms with Crippen molar-refractivity contribution in [1.29, 1.82) is 0 Å². The molecule has 0 aromatic heterocycles. The Kier molecular flexibility index (Phi) is 6.07. The van der Waals surface area contributed by atoms with E-state index in [0.717, 1.165) is 19.6 Å². The first-order valence-electron chi connectivity index (χ1n) is 8.28. The summed E-state index contributed by atoms with van der Waals surface area (Å²) in [6, 6.07) is 3.71. The van der Waals surface area contributed by atoms with E-state index in [2.05, 4.69) is 30.7 Å². The molecule has 0 aliphatic carbocycles. The number of aromatic carboxylic acids is 1. The van der Waals surface area contributed by atoms with Crippen molar-refractivity contribution in [2.45, 2.75) is 26.4 Å². The SMILES string of the molecule is COc1cc(OC)c(CN2CCN(C)C[C@@H]2C(C)C)c(C(=O)O)c1. The van der Waals surface area contributed by atoms with E-state index < -0.39 is 5.97 Å². The van der Waals surface area contributed by atoms with Crippen molar-refractivity contribution in [3.63, 3.8) is 0 Å². The molecule has 0 bridgehead atoms. The number of carboxylic acids is 1. The fourth-order valence-corrected chi connectivity index (χ4v) is 3.30. The molecule has 2 rings (SSSR count). The van der Waals surface area contributed by atoms with Crippen LogP contribution in [0, 0.1) is 5.92 Å². The largest absolute Gasteiger partial charge is 0.497 e. The van der Waals surface area contributed by atoms with Crippen LogP contribution in [0.2, 0.25) is 0 Å². The molecule has 1 aromatic rings. The van der Waals surface area contributed by atoms with Crippen molar-refractivity contribution in [3.05, 3.63) is 23.3 Å². The van der Waals surface area contributed by atoms with Gasteiger partial charge < -0.3 is 19.5 Å². The van der Waals surface area contributed by atoms with Crippen molar-refractivity contribution >= 4 is 5.97 Å². The lowest BCUT2D eigenvalue weighted by atomic mass is 9.97. The van der Waals surface area contributed by atoms with Gasteiger partial charge in [0.1, 0.15) is 11.5 Å². The molecule has 0 spiro atoms. The number of likely N-dealkylation sites (N-methyl/N-ethyl adjacent to an activating group) is 1. The maximum Gasteiger partial charge on any atom is 0.336 e. The van der Waals surface area contributed by atoms with Gasteiger partial charge in [-0.2, -0.15) is 0 Å². The summed E-state index contributed by atoms with van der Waals surface area (Å²) in [6.45, 7) is 7.85. The van der Waals surface area contributed by atoms with Crippen LogP contribution < -0.4 is 9.47 Å². The summed E-state index contributed by atoms with van der Waals surface area (Å²) in [5, 5.41) is 9.61. The Bertz CT molecular complexity index is 589. The predicted octanol–water partition coefficient (Wildman–Crippen LogP) is 2.17. The number of benzene rings is 1. The molecule has 1 saturated heterocycles. The molecule has 1 aromatic carbocycles. The summed E-state index contributed by atoms with van der Waals surface area (Å²) in [5.74, 6) is 0.586. The molecular formula is C18H28N2O4. The minimum Gasteiger partial charge on any atom is -0.497 e. The zero-order chi connectivity index (χ0) is 17.9. The van der Waals surface area contributed by atoms with Gasteiger partial charge >= 0.3 is 5.97 Å². The lowest BCUT2D eigenvalue weighted by molar-refractivity contribution is 0.0551. The second-order valence-corrected chi connectivity index (χ2v) is 6.71. The fourth-order valence-electron chi connectivity index (χ4n) is 3.30. The Morgan fingerprint density at radius 3 is 2.54 bits per heavy atom. The van der Waals surface area contributed by atoms with Crippen LogP contribution in [-0.4, -0.2) is 67.8 Å². The minimum absolute atomic E-state index is 0.243. The van der Waals surface area contributed by atoms with Crippen molar-refractivity contribution < 1.29 is 19.4 Å². The molecular weight excluding hydrogens is 308 g/mol. The number of methoxy groups -OCH3 is 2. The second-order valence-electron chi connectivity index (χ2n) is 6.71. The Labute approximate surface area is 144 Å². The van der Waals surface area contributed by atoms with E-state index in [-0.39, 0.29) is 5.56 Å². The average Bonchev–Trinajstić information content (AvgIpc) is 2.55. The van der Waals surface area contributed by atoms with E-state index >= 15 is 0 Å². The normalized spacial score (nSPS) is 19.5. The Hall–Kier alpha value is -1.79. The summed E-state index contributed by atoms with van der Waals surface area (Å²) in [4.78, 5) is 16.4. The van der Waals surface area contributed by atoms with E-state index in [4.69, 9.17) is 9.47 Å². The number of ether oxygens (including phenoxy) is 2. The van der Waals surface area contributed by atoms with E-state index in [9.17, 15) is 9.90 Å². The molecule has 6 nitrogen and oxygen atoms in total. The topological polar surface area (TPSA) is 62.2 Å². The lowest BCUT2D eigenvalue weighted by Gasteiger charge is -2.42. The Balaban J connectivity index is 2.38. The standard InChI is InChI=1S/C18H28N2O4/c1-12(2)16-11-19(3)6-7-20(16)10-15-14(18(21)22)8-13(23-4)9-17(15)24-5/h8-9,12,16H,6-7,10-11H2,1-5H3,(H,21,22)/t16-/m1/s1. The van der Waals surface area contributed by atoms with Crippen molar-refractivity contribution in [3.8, 4) is 11.5 Å². The number of carboxylic acid groups (broad SMARTS) is 1. The highest BCUT2D eigenvalue weighted by Gasteiger charge is 2.30. The van der Waals surface area contributed by atoms with Gasteiger partial charge in [0.25, 0.3) is 0 Å². The maximum atomic E-state index is 11.7. The number of hydrogen-bond donors (Lipinski definition) is 1. The molecule has 1 heterocycles. The van der Waals surface area contributed by atoms with Crippen molar-refractivity contribution in [1.82, 2.24) is 9.80 Å². The first-order chi connectivity index (χ1) is 11.4. The molecule has 1 atom stereocenters. The van der Waals surface area contributed by atoms with Gasteiger partial charge in [-0.05, 0) is 19.0 Å². The monoisotopic (exact) mass is 336 g/mol. The minimum atomic E-state index is -0.961. The van der Waals surface area contributed by atoms with Gasteiger partial charge in [0.15, 0.2) is 0 Å². The predicted molar refractivity (Wildman–Crippen MR) is 93.0 cm³/mol. The molecule has 134 valence electrons. The first-order valence-corrected chi connectivity index (χ1v) is 8.28. The van der Waals surface area contributed by atoms with Gasteiger partial charge in [0.05, 0.1) is 19.8 Å². The zero-order valence-electron chi connectivity index (χ0n) is 15.2. The molecule has 1 fully saturated rings. The van der Waals surface area contributed by atoms with Crippen LogP contribution in [-0.2, 0) is 6.54 Å². The summed E-state index contributed by atoms with van der Waals surface area (Å²) >= 11 is 0. The van der Waals surface area contributed by atoms with Gasteiger partial charge in [0.2, 0.25) is 0 Å². The molecule has 1 aliphatic heterocycles. The van der Waals surface area contributed by atoms with Crippen LogP contribution in [0.25, 0.3) is 0 Å². The quantitative estimate of drug-likeness (QED) is 0.859. The number of carbonyl (C=O) groups is 1. The van der Waals surface area contributed by atoms with Crippen LogP contribution in [0.1, 0.15) is 29.8 Å². The van der Waals surface area contributed by atoms with Gasteiger partial charge in [-0.25, -0.2) is 4.79 Å². The molecule has 1 N–H and O–H groups in total. The summed E-state index contributed by atoms with van der Waals surface area (Å²) < 4.78 is 10.7. The van der Waals surface area contributed by atoms with Crippen LogP contribution in [0.4, 0.5) is 0 Å². The van der Waals surface area contributed by atoms with Gasteiger partial charge in [-0.15, -0.1) is 0 Å². The molecule has 24 heavy (non-hydrogen) atoms. The van der Waals surface area contributed by atoms with Gasteiger partial charge in [-0.1, -0.05) is 13.8 Å². The Morgan fingerprint density at radius 2 is 2.00 bits per heavy atom. The number of hydrogen-bond acceptors (Lipinski definition) is 5. The molecule has 1 aliphatic rings. The van der Waals surface area contributed by atoms with E-state index in [0.29, 0.717) is 35.6 Å². The summed E-state index contributed by atoms with van der Waals surface area (Å²) in [5.41, 5.74) is 0.952. The average molecular weight is 336 g/mol. The van der Waals surface area contributed by atoms with Crippen LogP contribution in [0.3, 0.4) is 0 Å². The third kappa shape index (κ3) is 3.99. The summed E-state index contributed by atoms with van der Waals surface area (Å²) in [6.07, 6.45) is 0. The highest BCUT2D eigenvalue weighted by Crippen LogP contribution is 2.31. The van der Waals surface area contributed by atoms with Crippen LogP contribution in [0.15, 0.2) is 12.1 Å². The molecule has 0 saturated carbocycles. The third-order valence-electron chi connectivity index (χ3n) is 4.74. The lowest BCUT2D eigenvalue weighted by Crippen LogP contribution is -2.53. The van der Waals surface area contributed by atoms with E-state index in [1.807, 2.05) is 0 Å². The number of nitrogens with zero attached hydrogens (tertiary/aromatic N) is 2. The first kappa shape index (κ1) is 18.5. The van der Waals surface area contributed by atoms with Crippen molar-refractivity contribution in [2.24, 2.45) is 5.92 Å². The highest BCUT2D eigenvalue weighted by molar-refractivity contribution is 5.91. The maximum absolute atomic E-state index is 11.7. The van der Waals surface area contributed by atoms with Crippen LogP contribution in [0.5, 0.6) is 11.5 Å². The van der Waals surface area contributed by atoms with E-state index in [1.54, 1.807) is 19.2 Å². The Morgan fingerprint density at radius 1 is 1.29 bits per heavy atom. The fraction of sp³-hybridized carbons (Fsp3) is 0.611. The number of piperazine rings is 1. The van der Waals surface area contributed by atoms with Crippen LogP contribution >= 0.6 is 0 Å². The third-order valence-corrected chi connectivity index (χ3v) is 4.74. The molecule has 6 heteroatoms. The van der Waals surface area contributed by atoms with E-state index in [1.165, 1.54) is 7.11 Å². The zero-order valence-corrected chi connectivity index (χ0v) is 15.2. The second kappa shape index (κ2) is 7.85. The van der Waals surface area contributed by atoms with Crippen molar-refractivity contribution in [2.75, 3.05) is 40.9 Å². The van der Waals surface area contributed by atoms with Gasteiger partial charge in [-0.3, -0.25) is 4.90 Å². The molecule has 0 amide bonds. The molecule has 0 radical (unpaired) electrons. The smallest absolute Gasteiger partial charge is 0.336 e. The number of rotatable bonds is 6. The summed E-state index contributed by atoms with van der Waals surface area (Å²) in [7, 11) is 5.21. The molecule has 0 unspecified atom stereocenters. The highest BCUT2D eigenvalue weighted by atomic mass is 16.5. The van der Waals surface area contributed by atoms with Gasteiger partial charge in [0, 0.05) is 43.9 Å².